The van der Waals surface area contributed by atoms with Gasteiger partial charge in [-0.2, -0.15) is 0 Å². The first kappa shape index (κ1) is 20.1. The summed E-state index contributed by atoms with van der Waals surface area (Å²) in [5.74, 6) is 0.357. The fraction of sp³-hybridized carbons (Fsp3) is 0.190. The molecule has 7 heteroatoms. The van der Waals surface area contributed by atoms with Crippen LogP contribution >= 0.6 is 11.3 Å². The molecule has 0 aliphatic heterocycles. The number of thiophene rings is 1. The third kappa shape index (κ3) is 4.61. The van der Waals surface area contributed by atoms with Crippen molar-refractivity contribution >= 4 is 27.1 Å². The first-order chi connectivity index (χ1) is 13.5. The fourth-order valence-corrected chi connectivity index (χ4v) is 5.57. The lowest BCUT2D eigenvalue weighted by Gasteiger charge is -2.17. The van der Waals surface area contributed by atoms with E-state index in [1.807, 2.05) is 18.4 Å². The molecule has 28 heavy (non-hydrogen) atoms. The summed E-state index contributed by atoms with van der Waals surface area (Å²) >= 11 is 1.36. The number of sulfone groups is 1. The Kier molecular flexibility index (Phi) is 6.49. The number of carbonyl (C=O) groups excluding carboxylic acids is 1. The first-order valence-corrected chi connectivity index (χ1v) is 11.3. The maximum Gasteiger partial charge on any atom is 0.251 e. The van der Waals surface area contributed by atoms with Crippen molar-refractivity contribution in [3.05, 3.63) is 82.6 Å². The topological polar surface area (TPSA) is 72.5 Å². The molecule has 1 unspecified atom stereocenters. The largest absolute Gasteiger partial charge is 0.494 e. The van der Waals surface area contributed by atoms with E-state index < -0.39 is 15.1 Å². The summed E-state index contributed by atoms with van der Waals surface area (Å²) in [4.78, 5) is 13.4. The molecule has 0 aliphatic rings. The van der Waals surface area contributed by atoms with Crippen molar-refractivity contribution in [3.63, 3.8) is 0 Å². The molecule has 3 rings (SSSR count). The molecule has 1 heterocycles. The highest BCUT2D eigenvalue weighted by molar-refractivity contribution is 7.91. The lowest BCUT2D eigenvalue weighted by molar-refractivity contribution is 0.0953. The second kappa shape index (κ2) is 9.03. The number of ether oxygens (including phenoxy) is 1. The summed E-state index contributed by atoms with van der Waals surface area (Å²) in [6.45, 7) is 2.42. The second-order valence-electron chi connectivity index (χ2n) is 6.03. The zero-order valence-electron chi connectivity index (χ0n) is 15.4. The van der Waals surface area contributed by atoms with Gasteiger partial charge in [-0.05, 0) is 54.8 Å². The Morgan fingerprint density at radius 1 is 1.04 bits per heavy atom. The van der Waals surface area contributed by atoms with Gasteiger partial charge in [0.05, 0.1) is 11.5 Å². The van der Waals surface area contributed by atoms with Crippen molar-refractivity contribution < 1.29 is 17.9 Å². The molecule has 1 aromatic heterocycles. The van der Waals surface area contributed by atoms with Crippen molar-refractivity contribution in [2.45, 2.75) is 17.1 Å². The summed E-state index contributed by atoms with van der Waals surface area (Å²) in [7, 11) is -3.64. The molecule has 0 bridgehead atoms. The molecule has 146 valence electrons. The highest BCUT2D eigenvalue weighted by Crippen LogP contribution is 2.31. The van der Waals surface area contributed by atoms with Gasteiger partial charge in [0.15, 0.2) is 9.84 Å². The Morgan fingerprint density at radius 3 is 2.36 bits per heavy atom. The predicted octanol–water partition coefficient (Wildman–Crippen LogP) is 4.09. The molecular weight excluding hydrogens is 394 g/mol. The highest BCUT2D eigenvalue weighted by Gasteiger charge is 2.30. The van der Waals surface area contributed by atoms with Crippen LogP contribution in [0.5, 0.6) is 5.75 Å². The van der Waals surface area contributed by atoms with Gasteiger partial charge in [-0.1, -0.05) is 24.3 Å². The fourth-order valence-electron chi connectivity index (χ4n) is 2.77. The summed E-state index contributed by atoms with van der Waals surface area (Å²) in [6, 6.07) is 18.6. The minimum Gasteiger partial charge on any atom is -0.494 e. The van der Waals surface area contributed by atoms with Crippen LogP contribution in [0.4, 0.5) is 0 Å². The first-order valence-electron chi connectivity index (χ1n) is 8.85. The van der Waals surface area contributed by atoms with Crippen LogP contribution in [-0.4, -0.2) is 27.5 Å². The van der Waals surface area contributed by atoms with Gasteiger partial charge >= 0.3 is 0 Å². The van der Waals surface area contributed by atoms with Crippen molar-refractivity contribution in [2.75, 3.05) is 13.2 Å². The normalized spacial score (nSPS) is 12.3. The molecule has 1 amide bonds. The average molecular weight is 416 g/mol. The average Bonchev–Trinajstić information content (AvgIpc) is 3.23. The van der Waals surface area contributed by atoms with Gasteiger partial charge in [0, 0.05) is 17.0 Å². The van der Waals surface area contributed by atoms with Crippen LogP contribution in [0.2, 0.25) is 0 Å². The molecule has 1 N–H and O–H groups in total. The van der Waals surface area contributed by atoms with Crippen LogP contribution in [0.15, 0.2) is 77.0 Å². The second-order valence-corrected chi connectivity index (χ2v) is 9.14. The molecule has 0 saturated heterocycles. The van der Waals surface area contributed by atoms with Crippen LogP contribution in [0, 0.1) is 0 Å². The van der Waals surface area contributed by atoms with Crippen LogP contribution in [0.1, 0.15) is 27.4 Å². The lowest BCUT2D eigenvalue weighted by atomic mass is 10.2. The third-order valence-electron chi connectivity index (χ3n) is 4.18. The number of amides is 1. The van der Waals surface area contributed by atoms with Gasteiger partial charge in [-0.3, -0.25) is 4.79 Å². The van der Waals surface area contributed by atoms with E-state index in [1.165, 1.54) is 11.3 Å². The molecule has 0 aliphatic carbocycles. The maximum atomic E-state index is 13.1. The number of benzene rings is 2. The Morgan fingerprint density at radius 2 is 1.75 bits per heavy atom. The van der Waals surface area contributed by atoms with Gasteiger partial charge in [0.1, 0.15) is 11.0 Å². The molecule has 2 aromatic carbocycles. The van der Waals surface area contributed by atoms with E-state index >= 15 is 0 Å². The lowest BCUT2D eigenvalue weighted by Crippen LogP contribution is -2.31. The minimum atomic E-state index is -3.64. The van der Waals surface area contributed by atoms with Crippen LogP contribution < -0.4 is 10.1 Å². The molecule has 0 saturated carbocycles. The zero-order valence-corrected chi connectivity index (χ0v) is 17.0. The molecule has 0 fully saturated rings. The number of hydrogen-bond donors (Lipinski definition) is 1. The van der Waals surface area contributed by atoms with E-state index in [9.17, 15) is 13.2 Å². The van der Waals surface area contributed by atoms with Crippen LogP contribution in [0.25, 0.3) is 0 Å². The predicted molar refractivity (Wildman–Crippen MR) is 111 cm³/mol. The monoisotopic (exact) mass is 415 g/mol. The van der Waals surface area contributed by atoms with Crippen molar-refractivity contribution in [3.8, 4) is 5.75 Å². The molecule has 5 nitrogen and oxygen atoms in total. The summed E-state index contributed by atoms with van der Waals surface area (Å²) in [5.41, 5.74) is 0.450. The minimum absolute atomic E-state index is 0.0101. The molecule has 3 aromatic rings. The molecule has 0 spiro atoms. The summed E-state index contributed by atoms with van der Waals surface area (Å²) < 4.78 is 31.6. The van der Waals surface area contributed by atoms with Gasteiger partial charge < -0.3 is 10.1 Å². The quantitative estimate of drug-likeness (QED) is 0.601. The standard InChI is InChI=1S/C21H21NO4S2/c1-2-26-17-12-10-16(11-13-17)21(23)22-15-20(19-9-6-14-27-19)28(24,25)18-7-4-3-5-8-18/h3-14,20H,2,15H2,1H3,(H,22,23). The number of rotatable bonds is 8. The Labute approximate surface area is 168 Å². The Hall–Kier alpha value is -2.64. The van der Waals surface area contributed by atoms with Crippen LogP contribution in [-0.2, 0) is 9.84 Å². The zero-order chi connectivity index (χ0) is 20.0. The molecule has 1 atom stereocenters. The SMILES string of the molecule is CCOc1ccc(C(=O)NCC(c2cccs2)S(=O)(=O)c2ccccc2)cc1. The van der Waals surface area contributed by atoms with E-state index in [2.05, 4.69) is 5.32 Å². The van der Waals surface area contributed by atoms with Crippen molar-refractivity contribution in [1.29, 1.82) is 0 Å². The number of hydrogen-bond acceptors (Lipinski definition) is 5. The van der Waals surface area contributed by atoms with E-state index in [0.29, 0.717) is 22.8 Å². The number of nitrogens with one attached hydrogen (secondary N) is 1. The van der Waals surface area contributed by atoms with E-state index in [0.717, 1.165) is 0 Å². The number of carbonyl (C=O) groups is 1. The smallest absolute Gasteiger partial charge is 0.251 e. The van der Waals surface area contributed by atoms with Gasteiger partial charge in [0.2, 0.25) is 0 Å². The van der Waals surface area contributed by atoms with E-state index in [1.54, 1.807) is 60.7 Å². The van der Waals surface area contributed by atoms with Crippen molar-refractivity contribution in [2.24, 2.45) is 0 Å². The third-order valence-corrected chi connectivity index (χ3v) is 7.42. The highest BCUT2D eigenvalue weighted by atomic mass is 32.2. The van der Waals surface area contributed by atoms with E-state index in [-0.39, 0.29) is 17.3 Å². The van der Waals surface area contributed by atoms with Gasteiger partial charge in [-0.15, -0.1) is 11.3 Å². The van der Waals surface area contributed by atoms with Gasteiger partial charge in [0.25, 0.3) is 5.91 Å². The van der Waals surface area contributed by atoms with Gasteiger partial charge in [-0.25, -0.2) is 8.42 Å². The molecule has 0 radical (unpaired) electrons. The van der Waals surface area contributed by atoms with Crippen LogP contribution in [0.3, 0.4) is 0 Å². The summed E-state index contributed by atoms with van der Waals surface area (Å²) in [6.07, 6.45) is 0. The summed E-state index contributed by atoms with van der Waals surface area (Å²) in [5, 5.41) is 3.75. The maximum absolute atomic E-state index is 13.1. The van der Waals surface area contributed by atoms with Crippen molar-refractivity contribution in [1.82, 2.24) is 5.32 Å². The molecular formula is C21H21NO4S2. The Balaban J connectivity index is 1.78. The Bertz CT molecular complexity index is 998. The van der Waals surface area contributed by atoms with E-state index in [4.69, 9.17) is 4.74 Å².